The number of benzene rings is 1. The Kier molecular flexibility index (Phi) is 4.88. The summed E-state index contributed by atoms with van der Waals surface area (Å²) >= 11 is 11.7. The molecular formula is C10H11Cl2NO2. The molecular weight excluding hydrogens is 237 g/mol. The molecule has 5 heteroatoms. The monoisotopic (exact) mass is 247 g/mol. The lowest BCUT2D eigenvalue weighted by molar-refractivity contribution is 0.0937. The fourth-order valence-corrected chi connectivity index (χ4v) is 1.64. The summed E-state index contributed by atoms with van der Waals surface area (Å²) in [5.74, 6) is -0.289. The van der Waals surface area contributed by atoms with Gasteiger partial charge in [0.1, 0.15) is 0 Å². The molecule has 0 radical (unpaired) electrons. The van der Waals surface area contributed by atoms with E-state index in [2.05, 4.69) is 5.32 Å². The van der Waals surface area contributed by atoms with Crippen LogP contribution in [0.1, 0.15) is 10.4 Å². The van der Waals surface area contributed by atoms with Crippen LogP contribution >= 0.6 is 23.2 Å². The Morgan fingerprint density at radius 3 is 2.53 bits per heavy atom. The molecule has 0 atom stereocenters. The summed E-state index contributed by atoms with van der Waals surface area (Å²) in [6, 6.07) is 4.94. The quantitative estimate of drug-likeness (QED) is 0.830. The van der Waals surface area contributed by atoms with E-state index in [1.807, 2.05) is 0 Å². The van der Waals surface area contributed by atoms with Crippen molar-refractivity contribution in [3.8, 4) is 0 Å². The number of carbonyl (C=O) groups excluding carboxylic acids is 1. The van der Waals surface area contributed by atoms with Crippen molar-refractivity contribution in [2.24, 2.45) is 0 Å². The minimum Gasteiger partial charge on any atom is -0.383 e. The predicted octanol–water partition coefficient (Wildman–Crippen LogP) is 2.37. The maximum atomic E-state index is 11.6. The van der Waals surface area contributed by atoms with E-state index in [-0.39, 0.29) is 5.91 Å². The first-order valence-electron chi connectivity index (χ1n) is 4.38. The van der Waals surface area contributed by atoms with Crippen molar-refractivity contribution in [3.05, 3.63) is 33.8 Å². The van der Waals surface area contributed by atoms with E-state index in [4.69, 9.17) is 27.9 Å². The van der Waals surface area contributed by atoms with Crippen molar-refractivity contribution in [3.63, 3.8) is 0 Å². The second kappa shape index (κ2) is 5.95. The second-order valence-electron chi connectivity index (χ2n) is 2.85. The van der Waals surface area contributed by atoms with E-state index in [1.54, 1.807) is 25.3 Å². The van der Waals surface area contributed by atoms with Gasteiger partial charge in [-0.3, -0.25) is 4.79 Å². The number of hydrogen-bond acceptors (Lipinski definition) is 2. The maximum Gasteiger partial charge on any atom is 0.254 e. The SMILES string of the molecule is COCCNC(=O)c1c(Cl)cccc1Cl. The molecule has 1 aromatic rings. The van der Waals surface area contributed by atoms with Gasteiger partial charge in [-0.15, -0.1) is 0 Å². The van der Waals surface area contributed by atoms with Crippen molar-refractivity contribution in [1.82, 2.24) is 5.32 Å². The molecule has 1 rings (SSSR count). The van der Waals surface area contributed by atoms with Gasteiger partial charge in [0, 0.05) is 13.7 Å². The minimum absolute atomic E-state index is 0.289. The third kappa shape index (κ3) is 3.38. The molecule has 1 aromatic carbocycles. The van der Waals surface area contributed by atoms with Crippen LogP contribution in [0.25, 0.3) is 0 Å². The molecule has 0 bridgehead atoms. The highest BCUT2D eigenvalue weighted by Gasteiger charge is 2.13. The zero-order valence-corrected chi connectivity index (χ0v) is 9.73. The zero-order chi connectivity index (χ0) is 11.3. The smallest absolute Gasteiger partial charge is 0.254 e. The maximum absolute atomic E-state index is 11.6. The van der Waals surface area contributed by atoms with Gasteiger partial charge in [0.15, 0.2) is 0 Å². The molecule has 0 aliphatic heterocycles. The van der Waals surface area contributed by atoms with E-state index in [0.717, 1.165) is 0 Å². The van der Waals surface area contributed by atoms with E-state index < -0.39 is 0 Å². The molecule has 82 valence electrons. The molecule has 0 heterocycles. The molecule has 3 nitrogen and oxygen atoms in total. The largest absolute Gasteiger partial charge is 0.383 e. The number of amides is 1. The normalized spacial score (nSPS) is 10.1. The van der Waals surface area contributed by atoms with E-state index >= 15 is 0 Å². The Labute approximate surface area is 98.3 Å². The first-order chi connectivity index (χ1) is 7.16. The highest BCUT2D eigenvalue weighted by atomic mass is 35.5. The highest BCUT2D eigenvalue weighted by Crippen LogP contribution is 2.23. The number of hydrogen-bond donors (Lipinski definition) is 1. The second-order valence-corrected chi connectivity index (χ2v) is 3.66. The van der Waals surface area contributed by atoms with Crippen molar-refractivity contribution < 1.29 is 9.53 Å². The van der Waals surface area contributed by atoms with Gasteiger partial charge in [-0.2, -0.15) is 0 Å². The number of carbonyl (C=O) groups is 1. The summed E-state index contributed by atoms with van der Waals surface area (Å²) in [7, 11) is 1.56. The Morgan fingerprint density at radius 1 is 1.40 bits per heavy atom. The van der Waals surface area contributed by atoms with Crippen LogP contribution in [0.4, 0.5) is 0 Å². The van der Waals surface area contributed by atoms with E-state index in [0.29, 0.717) is 28.8 Å². The molecule has 0 aliphatic carbocycles. The predicted molar refractivity (Wildman–Crippen MR) is 60.7 cm³/mol. The fourth-order valence-electron chi connectivity index (χ4n) is 1.07. The van der Waals surface area contributed by atoms with Crippen molar-refractivity contribution in [2.45, 2.75) is 0 Å². The Bertz CT molecular complexity index is 335. The van der Waals surface area contributed by atoms with Crippen LogP contribution in [0.3, 0.4) is 0 Å². The Balaban J connectivity index is 2.73. The van der Waals surface area contributed by atoms with Crippen LogP contribution in [0.15, 0.2) is 18.2 Å². The van der Waals surface area contributed by atoms with Gasteiger partial charge in [-0.1, -0.05) is 29.3 Å². The summed E-state index contributed by atoms with van der Waals surface area (Å²) in [5, 5.41) is 3.34. The lowest BCUT2D eigenvalue weighted by Gasteiger charge is -2.07. The number of ether oxygens (including phenoxy) is 1. The molecule has 0 saturated heterocycles. The van der Waals surface area contributed by atoms with Crippen molar-refractivity contribution in [1.29, 1.82) is 0 Å². The average Bonchev–Trinajstić information content (AvgIpc) is 2.18. The molecule has 0 unspecified atom stereocenters. The summed E-state index contributed by atoms with van der Waals surface area (Å²) in [4.78, 5) is 11.6. The highest BCUT2D eigenvalue weighted by molar-refractivity contribution is 6.39. The molecule has 0 spiro atoms. The zero-order valence-electron chi connectivity index (χ0n) is 8.22. The molecule has 15 heavy (non-hydrogen) atoms. The summed E-state index contributed by atoms with van der Waals surface area (Å²) in [6.07, 6.45) is 0. The van der Waals surface area contributed by atoms with Crippen molar-refractivity contribution in [2.75, 3.05) is 20.3 Å². The summed E-state index contributed by atoms with van der Waals surface area (Å²) < 4.78 is 4.81. The van der Waals surface area contributed by atoms with Crippen molar-refractivity contribution >= 4 is 29.1 Å². The van der Waals surface area contributed by atoms with Gasteiger partial charge in [-0.25, -0.2) is 0 Å². The molecule has 0 aliphatic rings. The molecule has 0 aromatic heterocycles. The van der Waals surface area contributed by atoms with Gasteiger partial charge >= 0.3 is 0 Å². The fraction of sp³-hybridized carbons (Fsp3) is 0.300. The number of nitrogens with one attached hydrogen (secondary N) is 1. The van der Waals surface area contributed by atoms with E-state index in [9.17, 15) is 4.79 Å². The Morgan fingerprint density at radius 2 is 2.00 bits per heavy atom. The van der Waals surface area contributed by atoms with Crippen LogP contribution in [0.5, 0.6) is 0 Å². The molecule has 1 amide bonds. The molecule has 0 saturated carbocycles. The number of rotatable bonds is 4. The topological polar surface area (TPSA) is 38.3 Å². The third-order valence-corrected chi connectivity index (χ3v) is 2.41. The lowest BCUT2D eigenvalue weighted by Crippen LogP contribution is -2.27. The number of methoxy groups -OCH3 is 1. The van der Waals surface area contributed by atoms with Gasteiger partial charge in [0.05, 0.1) is 22.2 Å². The van der Waals surface area contributed by atoms with Crippen LogP contribution in [0.2, 0.25) is 10.0 Å². The number of halogens is 2. The third-order valence-electron chi connectivity index (χ3n) is 1.78. The standard InChI is InChI=1S/C10H11Cl2NO2/c1-15-6-5-13-10(14)9-7(11)3-2-4-8(9)12/h2-4H,5-6H2,1H3,(H,13,14). The lowest BCUT2D eigenvalue weighted by atomic mass is 10.2. The Hall–Kier alpha value is -0.770. The van der Waals surface area contributed by atoms with Gasteiger partial charge in [0.25, 0.3) is 5.91 Å². The average molecular weight is 248 g/mol. The van der Waals surface area contributed by atoms with Gasteiger partial charge in [-0.05, 0) is 12.1 Å². The summed E-state index contributed by atoms with van der Waals surface area (Å²) in [6.45, 7) is 0.880. The first kappa shape index (κ1) is 12.3. The minimum atomic E-state index is -0.289. The van der Waals surface area contributed by atoms with Crippen LogP contribution in [-0.2, 0) is 4.74 Å². The summed E-state index contributed by atoms with van der Waals surface area (Å²) in [5.41, 5.74) is 0.303. The van der Waals surface area contributed by atoms with Gasteiger partial charge in [0.2, 0.25) is 0 Å². The van der Waals surface area contributed by atoms with Crippen LogP contribution in [0, 0.1) is 0 Å². The first-order valence-corrected chi connectivity index (χ1v) is 5.13. The van der Waals surface area contributed by atoms with E-state index in [1.165, 1.54) is 0 Å². The van der Waals surface area contributed by atoms with Gasteiger partial charge < -0.3 is 10.1 Å². The van der Waals surface area contributed by atoms with Crippen LogP contribution in [-0.4, -0.2) is 26.2 Å². The van der Waals surface area contributed by atoms with Crippen LogP contribution < -0.4 is 5.32 Å². The molecule has 0 fully saturated rings. The molecule has 1 N–H and O–H groups in total.